The molecule has 2 aromatic carbocycles. The van der Waals surface area contributed by atoms with Crippen molar-refractivity contribution < 1.29 is 27.4 Å². The fraction of sp³-hybridized carbons (Fsp3) is 0.316. The maximum atomic E-state index is 11.9. The van der Waals surface area contributed by atoms with Crippen molar-refractivity contribution in [1.82, 2.24) is 5.32 Å². The summed E-state index contributed by atoms with van der Waals surface area (Å²) in [6, 6.07) is 16.9. The van der Waals surface area contributed by atoms with E-state index in [1.54, 1.807) is 6.07 Å². The second kappa shape index (κ2) is 9.82. The summed E-state index contributed by atoms with van der Waals surface area (Å²) in [5.74, 6) is 0.259. The lowest BCUT2D eigenvalue weighted by Crippen LogP contribution is -2.25. The molecule has 140 valence electrons. The lowest BCUT2D eigenvalue weighted by Gasteiger charge is -2.12. The molecule has 1 amide bonds. The molecule has 0 atom stereocenters. The molecule has 0 unspecified atom stereocenters. The summed E-state index contributed by atoms with van der Waals surface area (Å²) in [6.45, 7) is -1.01. The van der Waals surface area contributed by atoms with Crippen molar-refractivity contribution >= 4 is 5.91 Å². The zero-order chi connectivity index (χ0) is 18.8. The number of nitrogens with one attached hydrogen (secondary N) is 1. The number of hydrogen-bond acceptors (Lipinski definition) is 3. The quantitative estimate of drug-likeness (QED) is 0.685. The van der Waals surface area contributed by atoms with Crippen LogP contribution in [0.3, 0.4) is 0 Å². The van der Waals surface area contributed by atoms with Crippen LogP contribution >= 0.6 is 0 Å². The number of para-hydroxylation sites is 1. The second-order valence-electron chi connectivity index (χ2n) is 5.58. The van der Waals surface area contributed by atoms with Crippen molar-refractivity contribution in [3.05, 3.63) is 65.7 Å². The fourth-order valence-corrected chi connectivity index (χ4v) is 2.16. The van der Waals surface area contributed by atoms with Crippen molar-refractivity contribution in [3.8, 4) is 5.75 Å². The van der Waals surface area contributed by atoms with Crippen molar-refractivity contribution in [2.24, 2.45) is 0 Å². The molecule has 26 heavy (non-hydrogen) atoms. The van der Waals surface area contributed by atoms with Crippen molar-refractivity contribution in [2.45, 2.75) is 25.7 Å². The van der Waals surface area contributed by atoms with Crippen LogP contribution in [0.1, 0.15) is 17.5 Å². The Bertz CT molecular complexity index is 690. The minimum atomic E-state index is -4.38. The topological polar surface area (TPSA) is 47.6 Å². The van der Waals surface area contributed by atoms with Crippen LogP contribution in [-0.2, 0) is 22.7 Å². The molecule has 0 aliphatic rings. The molecule has 1 N–H and O–H groups in total. The minimum absolute atomic E-state index is 0.136. The first-order chi connectivity index (χ1) is 12.4. The molecule has 0 saturated heterocycles. The zero-order valence-corrected chi connectivity index (χ0v) is 14.1. The Morgan fingerprint density at radius 1 is 1.00 bits per heavy atom. The summed E-state index contributed by atoms with van der Waals surface area (Å²) in [4.78, 5) is 11.7. The van der Waals surface area contributed by atoms with Crippen LogP contribution in [0.4, 0.5) is 13.2 Å². The van der Waals surface area contributed by atoms with Crippen LogP contribution in [0.25, 0.3) is 0 Å². The molecule has 0 fully saturated rings. The first-order valence-electron chi connectivity index (χ1n) is 8.10. The van der Waals surface area contributed by atoms with Gasteiger partial charge in [-0.2, -0.15) is 13.2 Å². The summed E-state index contributed by atoms with van der Waals surface area (Å²) in [5, 5.41) is 2.65. The third-order valence-corrected chi connectivity index (χ3v) is 3.42. The maximum Gasteiger partial charge on any atom is 0.411 e. The summed E-state index contributed by atoms with van der Waals surface area (Å²) in [6.07, 6.45) is -4.52. The molecule has 7 heteroatoms. The molecule has 2 aromatic rings. The maximum absolute atomic E-state index is 11.9. The van der Waals surface area contributed by atoms with Crippen molar-refractivity contribution in [1.29, 1.82) is 0 Å². The van der Waals surface area contributed by atoms with Gasteiger partial charge < -0.3 is 14.8 Å². The standard InChI is InChI=1S/C19H20F3NO3/c20-19(21,22)14-25-11-10-18(24)23-12-16-8-4-5-9-17(16)26-13-15-6-2-1-3-7-15/h1-9H,10-14H2,(H,23,24). The monoisotopic (exact) mass is 367 g/mol. The summed E-state index contributed by atoms with van der Waals surface area (Å²) in [7, 11) is 0. The number of benzene rings is 2. The molecule has 0 aromatic heterocycles. The van der Waals surface area contributed by atoms with Crippen LogP contribution in [0.5, 0.6) is 5.75 Å². The number of halogens is 3. The average Bonchev–Trinajstić information content (AvgIpc) is 2.62. The minimum Gasteiger partial charge on any atom is -0.489 e. The molecule has 0 heterocycles. The van der Waals surface area contributed by atoms with E-state index in [-0.39, 0.29) is 25.5 Å². The first-order valence-corrected chi connectivity index (χ1v) is 8.10. The van der Waals surface area contributed by atoms with Gasteiger partial charge in [0, 0.05) is 18.5 Å². The highest BCUT2D eigenvalue weighted by molar-refractivity contribution is 5.76. The van der Waals surface area contributed by atoms with Gasteiger partial charge in [-0.1, -0.05) is 48.5 Å². The molecular weight excluding hydrogens is 347 g/mol. The molecule has 0 aliphatic carbocycles. The van der Waals surface area contributed by atoms with E-state index in [4.69, 9.17) is 4.74 Å². The molecule has 4 nitrogen and oxygen atoms in total. The molecule has 0 radical (unpaired) electrons. The largest absolute Gasteiger partial charge is 0.489 e. The Morgan fingerprint density at radius 2 is 1.69 bits per heavy atom. The highest BCUT2D eigenvalue weighted by Gasteiger charge is 2.27. The van der Waals surface area contributed by atoms with Gasteiger partial charge in [0.1, 0.15) is 19.0 Å². The van der Waals surface area contributed by atoms with E-state index in [1.807, 2.05) is 48.5 Å². The van der Waals surface area contributed by atoms with E-state index in [9.17, 15) is 18.0 Å². The van der Waals surface area contributed by atoms with Gasteiger partial charge >= 0.3 is 6.18 Å². The Kier molecular flexibility index (Phi) is 7.47. The van der Waals surface area contributed by atoms with Crippen LogP contribution in [0.2, 0.25) is 0 Å². The summed E-state index contributed by atoms with van der Waals surface area (Å²) in [5.41, 5.74) is 1.81. The van der Waals surface area contributed by atoms with E-state index < -0.39 is 12.8 Å². The van der Waals surface area contributed by atoms with Gasteiger partial charge in [0.25, 0.3) is 0 Å². The third kappa shape index (κ3) is 7.57. The number of rotatable bonds is 9. The normalized spacial score (nSPS) is 11.2. The smallest absolute Gasteiger partial charge is 0.411 e. The predicted octanol–water partition coefficient (Wildman–Crippen LogP) is 3.85. The summed E-state index contributed by atoms with van der Waals surface area (Å²) < 4.78 is 46.1. The van der Waals surface area contributed by atoms with Gasteiger partial charge in [0.2, 0.25) is 5.91 Å². The SMILES string of the molecule is O=C(CCOCC(F)(F)F)NCc1ccccc1OCc1ccccc1. The number of carbonyl (C=O) groups is 1. The Balaban J connectivity index is 1.77. The highest BCUT2D eigenvalue weighted by atomic mass is 19.4. The fourth-order valence-electron chi connectivity index (χ4n) is 2.16. The van der Waals surface area contributed by atoms with E-state index >= 15 is 0 Å². The third-order valence-electron chi connectivity index (χ3n) is 3.42. The predicted molar refractivity (Wildman–Crippen MR) is 90.6 cm³/mol. The van der Waals surface area contributed by atoms with Crippen LogP contribution in [-0.4, -0.2) is 25.3 Å². The Morgan fingerprint density at radius 3 is 2.42 bits per heavy atom. The zero-order valence-electron chi connectivity index (χ0n) is 14.1. The van der Waals surface area contributed by atoms with Gasteiger partial charge in [-0.05, 0) is 11.6 Å². The van der Waals surface area contributed by atoms with Crippen LogP contribution in [0, 0.1) is 0 Å². The summed E-state index contributed by atoms with van der Waals surface area (Å²) >= 11 is 0. The second-order valence-corrected chi connectivity index (χ2v) is 5.58. The number of hydrogen-bond donors (Lipinski definition) is 1. The first kappa shape index (κ1) is 19.8. The lowest BCUT2D eigenvalue weighted by atomic mass is 10.2. The Hall–Kier alpha value is -2.54. The highest BCUT2D eigenvalue weighted by Crippen LogP contribution is 2.19. The van der Waals surface area contributed by atoms with E-state index in [0.717, 1.165) is 11.1 Å². The van der Waals surface area contributed by atoms with Gasteiger partial charge in [-0.3, -0.25) is 4.79 Å². The number of amides is 1. The molecule has 0 spiro atoms. The van der Waals surface area contributed by atoms with Gasteiger partial charge in [0.05, 0.1) is 6.61 Å². The molecule has 2 rings (SSSR count). The van der Waals surface area contributed by atoms with Gasteiger partial charge in [-0.15, -0.1) is 0 Å². The molecule has 0 saturated carbocycles. The Labute approximate surface area is 149 Å². The van der Waals surface area contributed by atoms with Crippen molar-refractivity contribution in [3.63, 3.8) is 0 Å². The van der Waals surface area contributed by atoms with E-state index in [2.05, 4.69) is 10.1 Å². The van der Waals surface area contributed by atoms with Gasteiger partial charge in [-0.25, -0.2) is 0 Å². The van der Waals surface area contributed by atoms with Crippen LogP contribution < -0.4 is 10.1 Å². The van der Waals surface area contributed by atoms with Gasteiger partial charge in [0.15, 0.2) is 0 Å². The lowest BCUT2D eigenvalue weighted by molar-refractivity contribution is -0.174. The average molecular weight is 367 g/mol. The van der Waals surface area contributed by atoms with Crippen molar-refractivity contribution in [2.75, 3.05) is 13.2 Å². The van der Waals surface area contributed by atoms with E-state index in [1.165, 1.54) is 0 Å². The number of ether oxygens (including phenoxy) is 2. The number of carbonyl (C=O) groups excluding carboxylic acids is 1. The molecular formula is C19H20F3NO3. The molecule has 0 aliphatic heterocycles. The number of alkyl halides is 3. The van der Waals surface area contributed by atoms with E-state index in [0.29, 0.717) is 12.4 Å². The molecule has 0 bridgehead atoms. The van der Waals surface area contributed by atoms with Crippen LogP contribution in [0.15, 0.2) is 54.6 Å².